The second-order valence-corrected chi connectivity index (χ2v) is 4.51. The van der Waals surface area contributed by atoms with Crippen LogP contribution in [0.5, 0.6) is 5.88 Å². The summed E-state index contributed by atoms with van der Waals surface area (Å²) in [5.41, 5.74) is 7.15. The Morgan fingerprint density at radius 2 is 2.45 bits per heavy atom. The minimum absolute atomic E-state index is 0.00710. The molecule has 8 heteroatoms. The fourth-order valence-corrected chi connectivity index (χ4v) is 2.28. The maximum atomic E-state index is 11.8. The number of nitrogens with two attached hydrogens (primary N) is 1. The van der Waals surface area contributed by atoms with Gasteiger partial charge in [-0.2, -0.15) is 10.2 Å². The number of allylic oxidation sites excluding steroid dienone is 1. The fourth-order valence-electron chi connectivity index (χ4n) is 2.28. The number of rotatable bonds is 3. The Morgan fingerprint density at radius 1 is 1.64 bits per heavy atom. The summed E-state index contributed by atoms with van der Waals surface area (Å²) in [5.74, 6) is -1.06. The van der Waals surface area contributed by atoms with Crippen LogP contribution in [0.2, 0.25) is 0 Å². The van der Waals surface area contributed by atoms with Crippen molar-refractivity contribution in [2.24, 2.45) is 5.73 Å². The van der Waals surface area contributed by atoms with Gasteiger partial charge in [0.25, 0.3) is 0 Å². The lowest BCUT2D eigenvalue weighted by Gasteiger charge is -2.20. The van der Waals surface area contributed by atoms with Crippen molar-refractivity contribution >= 4 is 5.97 Å². The van der Waals surface area contributed by atoms with E-state index in [2.05, 4.69) is 9.97 Å². The number of nitrogens with one attached hydrogen (secondary N) is 1. The Kier molecular flexibility index (Phi) is 3.31. The van der Waals surface area contributed by atoms with Crippen molar-refractivity contribution in [3.8, 4) is 11.9 Å². The number of fused-ring (bicyclic) bond motifs is 1. The maximum absolute atomic E-state index is 11.8. The molecule has 22 heavy (non-hydrogen) atoms. The van der Waals surface area contributed by atoms with Gasteiger partial charge in [0.2, 0.25) is 17.6 Å². The van der Waals surface area contributed by atoms with Gasteiger partial charge in [-0.25, -0.2) is 4.79 Å². The van der Waals surface area contributed by atoms with Crippen LogP contribution in [-0.4, -0.2) is 22.5 Å². The molecule has 2 aromatic rings. The first-order valence-electron chi connectivity index (χ1n) is 6.52. The molecule has 0 unspecified atom stereocenters. The first kappa shape index (κ1) is 13.8. The first-order chi connectivity index (χ1) is 10.7. The predicted octanol–water partition coefficient (Wildman–Crippen LogP) is 1.40. The number of esters is 1. The zero-order valence-corrected chi connectivity index (χ0v) is 11.6. The van der Waals surface area contributed by atoms with Crippen LogP contribution in [0, 0.1) is 11.3 Å². The highest BCUT2D eigenvalue weighted by molar-refractivity contribution is 5.85. The fraction of sp³-hybridized carbons (Fsp3) is 0.214. The SMILES string of the molecule is CCOC(=O)c1nc2c([nH]1)[C@H](c1ccoc1)C(C#N)=C(N)O2. The number of aromatic nitrogens is 2. The molecule has 1 atom stereocenters. The van der Waals surface area contributed by atoms with Crippen LogP contribution >= 0.6 is 0 Å². The summed E-state index contributed by atoms with van der Waals surface area (Å²) < 4.78 is 15.3. The van der Waals surface area contributed by atoms with E-state index in [-0.39, 0.29) is 29.8 Å². The third-order valence-electron chi connectivity index (χ3n) is 3.21. The molecule has 1 aliphatic heterocycles. The molecule has 0 radical (unpaired) electrons. The number of H-pyrrole nitrogens is 1. The van der Waals surface area contributed by atoms with E-state index in [1.165, 1.54) is 12.5 Å². The molecule has 1 aliphatic rings. The van der Waals surface area contributed by atoms with Crippen LogP contribution in [0.1, 0.15) is 34.7 Å². The van der Waals surface area contributed by atoms with Gasteiger partial charge in [-0.3, -0.25) is 0 Å². The Balaban J connectivity index is 2.10. The van der Waals surface area contributed by atoms with Gasteiger partial charge < -0.3 is 24.6 Å². The Bertz CT molecular complexity index is 782. The molecule has 0 amide bonds. The van der Waals surface area contributed by atoms with Crippen molar-refractivity contribution in [2.45, 2.75) is 12.8 Å². The largest absolute Gasteiger partial charge is 0.472 e. The van der Waals surface area contributed by atoms with Crippen molar-refractivity contribution < 1.29 is 18.7 Å². The summed E-state index contributed by atoms with van der Waals surface area (Å²) in [7, 11) is 0. The molecular formula is C14H12N4O4. The third-order valence-corrected chi connectivity index (χ3v) is 3.21. The summed E-state index contributed by atoms with van der Waals surface area (Å²) >= 11 is 0. The molecular weight excluding hydrogens is 288 g/mol. The van der Waals surface area contributed by atoms with E-state index in [1.807, 2.05) is 6.07 Å². The van der Waals surface area contributed by atoms with Gasteiger partial charge in [-0.1, -0.05) is 0 Å². The van der Waals surface area contributed by atoms with Crippen LogP contribution in [0.25, 0.3) is 0 Å². The number of imidazole rings is 1. The number of furan rings is 1. The lowest BCUT2D eigenvalue weighted by atomic mass is 9.90. The minimum atomic E-state index is -0.608. The molecule has 0 spiro atoms. The summed E-state index contributed by atoms with van der Waals surface area (Å²) in [4.78, 5) is 18.7. The van der Waals surface area contributed by atoms with Crippen molar-refractivity contribution in [3.63, 3.8) is 0 Å². The van der Waals surface area contributed by atoms with Crippen molar-refractivity contribution in [3.05, 3.63) is 47.1 Å². The highest BCUT2D eigenvalue weighted by Crippen LogP contribution is 2.40. The van der Waals surface area contributed by atoms with Crippen LogP contribution in [-0.2, 0) is 4.74 Å². The van der Waals surface area contributed by atoms with Gasteiger partial charge in [0.05, 0.1) is 30.7 Å². The Labute approximate surface area is 125 Å². The maximum Gasteiger partial charge on any atom is 0.374 e. The highest BCUT2D eigenvalue weighted by Gasteiger charge is 2.35. The van der Waals surface area contributed by atoms with E-state index in [0.717, 1.165) is 0 Å². The number of nitriles is 1. The topological polar surface area (TPSA) is 127 Å². The second-order valence-electron chi connectivity index (χ2n) is 4.51. The Hall–Kier alpha value is -3.21. The van der Waals surface area contributed by atoms with Crippen LogP contribution in [0.15, 0.2) is 34.5 Å². The quantitative estimate of drug-likeness (QED) is 0.820. The molecule has 0 saturated carbocycles. The number of aromatic amines is 1. The van der Waals surface area contributed by atoms with Gasteiger partial charge in [0.1, 0.15) is 11.6 Å². The molecule has 2 aromatic heterocycles. The summed E-state index contributed by atoms with van der Waals surface area (Å²) in [5, 5.41) is 9.33. The number of nitrogens with zero attached hydrogens (tertiary/aromatic N) is 2. The molecule has 3 heterocycles. The molecule has 0 aromatic carbocycles. The number of ether oxygens (including phenoxy) is 2. The lowest BCUT2D eigenvalue weighted by Crippen LogP contribution is -2.20. The van der Waals surface area contributed by atoms with Crippen LogP contribution in [0.3, 0.4) is 0 Å². The van der Waals surface area contributed by atoms with E-state index in [4.69, 9.17) is 19.6 Å². The molecule has 0 bridgehead atoms. The Morgan fingerprint density at radius 3 is 3.09 bits per heavy atom. The van der Waals surface area contributed by atoms with Crippen LogP contribution < -0.4 is 10.5 Å². The van der Waals surface area contributed by atoms with Crippen LogP contribution in [0.4, 0.5) is 0 Å². The summed E-state index contributed by atoms with van der Waals surface area (Å²) in [6.07, 6.45) is 2.98. The number of carbonyl (C=O) groups excluding carboxylic acids is 1. The van der Waals surface area contributed by atoms with E-state index in [1.54, 1.807) is 13.0 Å². The van der Waals surface area contributed by atoms with E-state index in [0.29, 0.717) is 11.3 Å². The summed E-state index contributed by atoms with van der Waals surface area (Å²) in [6, 6.07) is 3.72. The number of hydrogen-bond acceptors (Lipinski definition) is 7. The van der Waals surface area contributed by atoms with Gasteiger partial charge in [0, 0.05) is 5.56 Å². The molecule has 8 nitrogen and oxygen atoms in total. The normalized spacial score (nSPS) is 16.6. The highest BCUT2D eigenvalue weighted by atomic mass is 16.5. The van der Waals surface area contributed by atoms with Crippen molar-refractivity contribution in [1.82, 2.24) is 9.97 Å². The van der Waals surface area contributed by atoms with E-state index < -0.39 is 11.9 Å². The van der Waals surface area contributed by atoms with E-state index in [9.17, 15) is 10.1 Å². The van der Waals surface area contributed by atoms with E-state index >= 15 is 0 Å². The van der Waals surface area contributed by atoms with Crippen molar-refractivity contribution in [2.75, 3.05) is 6.61 Å². The zero-order valence-electron chi connectivity index (χ0n) is 11.6. The molecule has 0 fully saturated rings. The molecule has 0 saturated heterocycles. The smallest absolute Gasteiger partial charge is 0.374 e. The standard InChI is InChI=1S/C14H12N4O4/c1-2-21-14(19)12-17-10-9(7-3-4-20-6-7)8(5-15)11(16)22-13(10)18-12/h3-4,6,9H,2,16H2,1H3,(H,17,18)/t9-/m1/s1. The predicted molar refractivity (Wildman–Crippen MR) is 72.5 cm³/mol. The second kappa shape index (κ2) is 5.29. The molecule has 112 valence electrons. The third kappa shape index (κ3) is 2.09. The average molecular weight is 300 g/mol. The van der Waals surface area contributed by atoms with Gasteiger partial charge >= 0.3 is 5.97 Å². The molecule has 0 aliphatic carbocycles. The minimum Gasteiger partial charge on any atom is -0.472 e. The monoisotopic (exact) mass is 300 g/mol. The van der Waals surface area contributed by atoms with Gasteiger partial charge in [-0.15, -0.1) is 0 Å². The summed E-state index contributed by atoms with van der Waals surface area (Å²) in [6.45, 7) is 1.92. The number of hydrogen-bond donors (Lipinski definition) is 2. The lowest BCUT2D eigenvalue weighted by molar-refractivity contribution is 0.0512. The molecule has 3 rings (SSSR count). The van der Waals surface area contributed by atoms with Crippen molar-refractivity contribution in [1.29, 1.82) is 5.26 Å². The molecule has 3 N–H and O–H groups in total. The zero-order chi connectivity index (χ0) is 15.7. The first-order valence-corrected chi connectivity index (χ1v) is 6.52. The van der Waals surface area contributed by atoms with Gasteiger partial charge in [-0.05, 0) is 13.0 Å². The average Bonchev–Trinajstić information content (AvgIpc) is 3.15. The van der Waals surface area contributed by atoms with Gasteiger partial charge in [0.15, 0.2) is 0 Å². The number of carbonyl (C=O) groups is 1.